The van der Waals surface area contributed by atoms with Crippen molar-refractivity contribution in [1.29, 1.82) is 0 Å². The summed E-state index contributed by atoms with van der Waals surface area (Å²) in [5, 5.41) is 0. The number of ether oxygens (including phenoxy) is 2. The number of benzene rings is 1. The topological polar surface area (TPSA) is 105 Å². The van der Waals surface area contributed by atoms with Crippen LogP contribution in [0.25, 0.3) is 11.2 Å². The van der Waals surface area contributed by atoms with Crippen LogP contribution in [0.2, 0.25) is 0 Å². The number of imidazole rings is 1. The lowest BCUT2D eigenvalue weighted by atomic mass is 10.1. The SMILES string of the molecule is COc1cc(CC(=O)OCCCn2cnc3c(N)ncnc32)ccc1C. The van der Waals surface area contributed by atoms with Crippen LogP contribution < -0.4 is 10.5 Å². The molecule has 136 valence electrons. The van der Waals surface area contributed by atoms with Crippen molar-refractivity contribution in [3.05, 3.63) is 42.0 Å². The van der Waals surface area contributed by atoms with E-state index in [4.69, 9.17) is 15.2 Å². The van der Waals surface area contributed by atoms with Crippen LogP contribution in [0.15, 0.2) is 30.9 Å². The summed E-state index contributed by atoms with van der Waals surface area (Å²) >= 11 is 0. The number of aromatic nitrogens is 4. The maximum atomic E-state index is 12.0. The fraction of sp³-hybridized carbons (Fsp3) is 0.333. The van der Waals surface area contributed by atoms with Crippen LogP contribution in [0.5, 0.6) is 5.75 Å². The summed E-state index contributed by atoms with van der Waals surface area (Å²) in [6.45, 7) is 2.90. The van der Waals surface area contributed by atoms with Crippen LogP contribution in [0, 0.1) is 6.92 Å². The lowest BCUT2D eigenvalue weighted by Gasteiger charge is -2.08. The molecule has 0 aliphatic heterocycles. The lowest BCUT2D eigenvalue weighted by molar-refractivity contribution is -0.142. The Hall–Kier alpha value is -3.16. The number of esters is 1. The van der Waals surface area contributed by atoms with E-state index in [1.165, 1.54) is 6.33 Å². The number of rotatable bonds is 7. The molecular formula is C18H21N5O3. The third-order valence-corrected chi connectivity index (χ3v) is 4.06. The number of hydrogen-bond acceptors (Lipinski definition) is 7. The van der Waals surface area contributed by atoms with Crippen molar-refractivity contribution in [1.82, 2.24) is 19.5 Å². The summed E-state index contributed by atoms with van der Waals surface area (Å²) in [6, 6.07) is 5.69. The second kappa shape index (κ2) is 7.81. The van der Waals surface area contributed by atoms with Gasteiger partial charge in [0.15, 0.2) is 11.5 Å². The molecule has 0 aliphatic carbocycles. The molecule has 2 aromatic heterocycles. The fourth-order valence-corrected chi connectivity index (χ4v) is 2.68. The highest BCUT2D eigenvalue weighted by Gasteiger charge is 2.09. The lowest BCUT2D eigenvalue weighted by Crippen LogP contribution is -2.11. The summed E-state index contributed by atoms with van der Waals surface area (Å²) in [5.41, 5.74) is 8.92. The van der Waals surface area contributed by atoms with Gasteiger partial charge in [-0.05, 0) is 30.5 Å². The first-order valence-electron chi connectivity index (χ1n) is 8.29. The number of methoxy groups -OCH3 is 1. The molecule has 0 amide bonds. The number of fused-ring (bicyclic) bond motifs is 1. The van der Waals surface area contributed by atoms with E-state index >= 15 is 0 Å². The summed E-state index contributed by atoms with van der Waals surface area (Å²) < 4.78 is 12.5. The third-order valence-electron chi connectivity index (χ3n) is 4.06. The zero-order valence-electron chi connectivity index (χ0n) is 14.8. The number of aryl methyl sites for hydroxylation is 2. The number of carbonyl (C=O) groups excluding carboxylic acids is 1. The van der Waals surface area contributed by atoms with Gasteiger partial charge in [-0.2, -0.15) is 0 Å². The molecular weight excluding hydrogens is 334 g/mol. The Labute approximate surface area is 151 Å². The van der Waals surface area contributed by atoms with Crippen LogP contribution >= 0.6 is 0 Å². The molecule has 0 fully saturated rings. The van der Waals surface area contributed by atoms with Gasteiger partial charge in [0.25, 0.3) is 0 Å². The van der Waals surface area contributed by atoms with Gasteiger partial charge in [0.2, 0.25) is 0 Å². The number of nitrogen functional groups attached to an aromatic ring is 1. The molecule has 3 aromatic rings. The Bertz CT molecular complexity index is 922. The average molecular weight is 355 g/mol. The maximum Gasteiger partial charge on any atom is 0.310 e. The van der Waals surface area contributed by atoms with Gasteiger partial charge in [0, 0.05) is 6.54 Å². The molecule has 1 aromatic carbocycles. The molecule has 3 rings (SSSR count). The molecule has 0 saturated carbocycles. The fourth-order valence-electron chi connectivity index (χ4n) is 2.68. The largest absolute Gasteiger partial charge is 0.496 e. The molecule has 0 atom stereocenters. The Balaban J connectivity index is 1.48. The van der Waals surface area contributed by atoms with Gasteiger partial charge < -0.3 is 19.8 Å². The summed E-state index contributed by atoms with van der Waals surface area (Å²) in [7, 11) is 1.61. The quantitative estimate of drug-likeness (QED) is 0.510. The molecule has 0 saturated heterocycles. The Kier molecular flexibility index (Phi) is 5.31. The van der Waals surface area contributed by atoms with E-state index in [0.717, 1.165) is 16.9 Å². The molecule has 26 heavy (non-hydrogen) atoms. The van der Waals surface area contributed by atoms with Crippen LogP contribution in [-0.2, 0) is 22.5 Å². The molecule has 2 N–H and O–H groups in total. The Morgan fingerprint density at radius 2 is 2.12 bits per heavy atom. The second-order valence-corrected chi connectivity index (χ2v) is 5.92. The van der Waals surface area contributed by atoms with Crippen molar-refractivity contribution >= 4 is 23.0 Å². The van der Waals surface area contributed by atoms with E-state index in [0.29, 0.717) is 36.6 Å². The van der Waals surface area contributed by atoms with Crippen molar-refractivity contribution in [2.75, 3.05) is 19.5 Å². The number of nitrogens with two attached hydrogens (primary N) is 1. The molecule has 8 nitrogen and oxygen atoms in total. The van der Waals surface area contributed by atoms with Gasteiger partial charge in [-0.15, -0.1) is 0 Å². The highest BCUT2D eigenvalue weighted by molar-refractivity contribution is 5.81. The molecule has 2 heterocycles. The zero-order chi connectivity index (χ0) is 18.5. The number of nitrogens with zero attached hydrogens (tertiary/aromatic N) is 4. The molecule has 8 heteroatoms. The molecule has 0 spiro atoms. The van der Waals surface area contributed by atoms with Gasteiger partial charge in [-0.1, -0.05) is 12.1 Å². The molecule has 0 unspecified atom stereocenters. The van der Waals surface area contributed by atoms with Crippen molar-refractivity contribution < 1.29 is 14.3 Å². The van der Waals surface area contributed by atoms with Crippen molar-refractivity contribution in [2.45, 2.75) is 26.3 Å². The van der Waals surface area contributed by atoms with Crippen LogP contribution in [-0.4, -0.2) is 39.2 Å². The van der Waals surface area contributed by atoms with Crippen LogP contribution in [0.1, 0.15) is 17.5 Å². The highest BCUT2D eigenvalue weighted by atomic mass is 16.5. The maximum absolute atomic E-state index is 12.0. The highest BCUT2D eigenvalue weighted by Crippen LogP contribution is 2.19. The van der Waals surface area contributed by atoms with Gasteiger partial charge in [0.1, 0.15) is 17.6 Å². The van der Waals surface area contributed by atoms with E-state index < -0.39 is 0 Å². The summed E-state index contributed by atoms with van der Waals surface area (Å²) in [4.78, 5) is 24.3. The number of hydrogen-bond donors (Lipinski definition) is 1. The van der Waals surface area contributed by atoms with Crippen LogP contribution in [0.4, 0.5) is 5.82 Å². The first-order chi connectivity index (χ1) is 12.6. The van der Waals surface area contributed by atoms with Crippen molar-refractivity contribution in [3.63, 3.8) is 0 Å². The van der Waals surface area contributed by atoms with Crippen LogP contribution in [0.3, 0.4) is 0 Å². The monoisotopic (exact) mass is 355 g/mol. The van der Waals surface area contributed by atoms with E-state index in [9.17, 15) is 4.79 Å². The van der Waals surface area contributed by atoms with Gasteiger partial charge >= 0.3 is 5.97 Å². The smallest absolute Gasteiger partial charge is 0.310 e. The van der Waals surface area contributed by atoms with E-state index in [1.807, 2.05) is 29.7 Å². The van der Waals surface area contributed by atoms with Gasteiger partial charge in [-0.3, -0.25) is 4.79 Å². The average Bonchev–Trinajstić information content (AvgIpc) is 3.05. The van der Waals surface area contributed by atoms with E-state index in [1.54, 1.807) is 13.4 Å². The summed E-state index contributed by atoms with van der Waals surface area (Å²) in [5.74, 6) is 0.857. The normalized spacial score (nSPS) is 10.8. The zero-order valence-corrected chi connectivity index (χ0v) is 14.8. The van der Waals surface area contributed by atoms with Gasteiger partial charge in [0.05, 0.1) is 26.5 Å². The molecule has 0 bridgehead atoms. The van der Waals surface area contributed by atoms with E-state index in [2.05, 4.69) is 15.0 Å². The first-order valence-corrected chi connectivity index (χ1v) is 8.29. The Morgan fingerprint density at radius 1 is 1.27 bits per heavy atom. The standard InChI is InChI=1S/C18H21N5O3/c1-12-4-5-13(8-14(12)25-2)9-15(24)26-7-3-6-23-11-22-16-17(19)20-10-21-18(16)23/h4-5,8,10-11H,3,6-7,9H2,1-2H3,(H2,19,20,21). The number of anilines is 1. The second-order valence-electron chi connectivity index (χ2n) is 5.92. The Morgan fingerprint density at radius 3 is 2.92 bits per heavy atom. The first kappa shape index (κ1) is 17.7. The minimum Gasteiger partial charge on any atom is -0.496 e. The predicted octanol–water partition coefficient (Wildman–Crippen LogP) is 1.90. The molecule has 0 aliphatic rings. The number of carbonyl (C=O) groups is 1. The summed E-state index contributed by atoms with van der Waals surface area (Å²) in [6.07, 6.45) is 3.94. The minimum absolute atomic E-state index is 0.217. The minimum atomic E-state index is -0.266. The van der Waals surface area contributed by atoms with E-state index in [-0.39, 0.29) is 12.4 Å². The predicted molar refractivity (Wildman–Crippen MR) is 96.7 cm³/mol. The van der Waals surface area contributed by atoms with Gasteiger partial charge in [-0.25, -0.2) is 15.0 Å². The molecule has 0 radical (unpaired) electrons. The van der Waals surface area contributed by atoms with Crippen molar-refractivity contribution in [2.24, 2.45) is 0 Å². The van der Waals surface area contributed by atoms with Crippen molar-refractivity contribution in [3.8, 4) is 5.75 Å². The third kappa shape index (κ3) is 3.90.